The molecule has 2 fully saturated rings. The van der Waals surface area contributed by atoms with E-state index >= 15 is 0 Å². The minimum absolute atomic E-state index is 0.620. The third-order valence-electron chi connectivity index (χ3n) is 4.19. The fraction of sp³-hybridized carbons (Fsp3) is 0.538. The van der Waals surface area contributed by atoms with E-state index in [4.69, 9.17) is 0 Å². The standard InChI is InChI=1S/C13H15N3S/c1-2-9(1)13(4-5-13)7-14-12-11-10(3-6-17-11)15-8-16-12/h3,6,8-9H,1-2,4-5,7H2,(H,14,15,16). The molecular weight excluding hydrogens is 230 g/mol. The average Bonchev–Trinajstić information content (AvgIpc) is 3.24. The zero-order valence-electron chi connectivity index (χ0n) is 9.65. The molecule has 2 aliphatic rings. The second-order valence-corrected chi connectivity index (χ2v) is 6.26. The van der Waals surface area contributed by atoms with Gasteiger partial charge in [-0.1, -0.05) is 0 Å². The Morgan fingerprint density at radius 2 is 2.24 bits per heavy atom. The van der Waals surface area contributed by atoms with Crippen molar-refractivity contribution in [3.63, 3.8) is 0 Å². The van der Waals surface area contributed by atoms with E-state index in [0.29, 0.717) is 5.41 Å². The number of hydrogen-bond donors (Lipinski definition) is 1. The SMILES string of the molecule is c1nc(NCC2(C3CC3)CC2)c2sccc2n1. The zero-order valence-corrected chi connectivity index (χ0v) is 10.5. The van der Waals surface area contributed by atoms with Gasteiger partial charge in [-0.3, -0.25) is 0 Å². The molecule has 0 aromatic carbocycles. The van der Waals surface area contributed by atoms with Crippen LogP contribution in [0, 0.1) is 11.3 Å². The summed E-state index contributed by atoms with van der Waals surface area (Å²) in [5.74, 6) is 2.02. The van der Waals surface area contributed by atoms with Crippen LogP contribution in [0.4, 0.5) is 5.82 Å². The molecule has 0 atom stereocenters. The quantitative estimate of drug-likeness (QED) is 0.898. The third-order valence-corrected chi connectivity index (χ3v) is 5.10. The Morgan fingerprint density at radius 3 is 3.00 bits per heavy atom. The summed E-state index contributed by atoms with van der Waals surface area (Å²) in [5.41, 5.74) is 1.68. The maximum Gasteiger partial charge on any atom is 0.147 e. The number of fused-ring (bicyclic) bond motifs is 1. The Balaban J connectivity index is 1.56. The molecule has 88 valence electrons. The first-order valence-corrected chi connectivity index (χ1v) is 7.17. The number of thiophene rings is 1. The van der Waals surface area contributed by atoms with Crippen molar-refractivity contribution < 1.29 is 0 Å². The van der Waals surface area contributed by atoms with Crippen LogP contribution in [0.1, 0.15) is 25.7 Å². The lowest BCUT2D eigenvalue weighted by Gasteiger charge is -2.15. The van der Waals surface area contributed by atoms with Gasteiger partial charge in [-0.25, -0.2) is 9.97 Å². The molecule has 2 aliphatic carbocycles. The Bertz CT molecular complexity index is 555. The summed E-state index contributed by atoms with van der Waals surface area (Å²) in [4.78, 5) is 8.65. The number of rotatable bonds is 4. The van der Waals surface area contributed by atoms with Crippen LogP contribution in [0.3, 0.4) is 0 Å². The lowest BCUT2D eigenvalue weighted by Crippen LogP contribution is -2.18. The van der Waals surface area contributed by atoms with E-state index in [1.807, 2.05) is 0 Å². The topological polar surface area (TPSA) is 37.8 Å². The maximum atomic E-state index is 4.38. The summed E-state index contributed by atoms with van der Waals surface area (Å²) < 4.78 is 1.19. The molecule has 0 aliphatic heterocycles. The van der Waals surface area contributed by atoms with Crippen LogP contribution in [-0.4, -0.2) is 16.5 Å². The van der Waals surface area contributed by atoms with Gasteiger partial charge in [0.2, 0.25) is 0 Å². The van der Waals surface area contributed by atoms with Gasteiger partial charge in [0, 0.05) is 6.54 Å². The normalized spacial score (nSPS) is 21.6. The number of nitrogens with one attached hydrogen (secondary N) is 1. The first kappa shape index (κ1) is 9.83. The first-order chi connectivity index (χ1) is 8.37. The predicted octanol–water partition coefficient (Wildman–Crippen LogP) is 3.29. The number of hydrogen-bond acceptors (Lipinski definition) is 4. The second-order valence-electron chi connectivity index (χ2n) is 5.35. The Labute approximate surface area is 104 Å². The third kappa shape index (κ3) is 1.62. The highest BCUT2D eigenvalue weighted by Crippen LogP contribution is 2.61. The molecule has 0 radical (unpaired) electrons. The Kier molecular flexibility index (Phi) is 1.98. The molecule has 0 unspecified atom stereocenters. The minimum Gasteiger partial charge on any atom is -0.368 e. The van der Waals surface area contributed by atoms with E-state index in [1.165, 1.54) is 30.4 Å². The highest BCUT2D eigenvalue weighted by Gasteiger charge is 2.53. The molecule has 3 nitrogen and oxygen atoms in total. The Hall–Kier alpha value is -1.16. The highest BCUT2D eigenvalue weighted by atomic mass is 32.1. The molecule has 1 N–H and O–H groups in total. The highest BCUT2D eigenvalue weighted by molar-refractivity contribution is 7.17. The summed E-state index contributed by atoms with van der Waals surface area (Å²) in [6.45, 7) is 1.10. The predicted molar refractivity (Wildman–Crippen MR) is 70.3 cm³/mol. The van der Waals surface area contributed by atoms with Crippen molar-refractivity contribution >= 4 is 27.4 Å². The molecular formula is C13H15N3S. The molecule has 0 saturated heterocycles. The largest absolute Gasteiger partial charge is 0.368 e. The minimum atomic E-state index is 0.620. The van der Waals surface area contributed by atoms with Crippen LogP contribution in [0.25, 0.3) is 10.2 Å². The van der Waals surface area contributed by atoms with Crippen LogP contribution < -0.4 is 5.32 Å². The molecule has 4 rings (SSSR count). The molecule has 17 heavy (non-hydrogen) atoms. The van der Waals surface area contributed by atoms with Gasteiger partial charge < -0.3 is 5.32 Å². The van der Waals surface area contributed by atoms with Crippen molar-refractivity contribution in [3.05, 3.63) is 17.8 Å². The number of aromatic nitrogens is 2. The monoisotopic (exact) mass is 245 g/mol. The van der Waals surface area contributed by atoms with Gasteiger partial charge in [-0.15, -0.1) is 11.3 Å². The summed E-state index contributed by atoms with van der Waals surface area (Å²) in [6.07, 6.45) is 7.36. The van der Waals surface area contributed by atoms with Gasteiger partial charge in [0.1, 0.15) is 12.1 Å². The fourth-order valence-electron chi connectivity index (χ4n) is 2.76. The summed E-state index contributed by atoms with van der Waals surface area (Å²) in [7, 11) is 0. The van der Waals surface area contributed by atoms with Crippen LogP contribution in [-0.2, 0) is 0 Å². The van der Waals surface area contributed by atoms with Gasteiger partial charge in [-0.2, -0.15) is 0 Å². The van der Waals surface area contributed by atoms with Crippen molar-refractivity contribution in [2.75, 3.05) is 11.9 Å². The van der Waals surface area contributed by atoms with E-state index < -0.39 is 0 Å². The average molecular weight is 245 g/mol. The number of nitrogens with zero attached hydrogens (tertiary/aromatic N) is 2. The van der Waals surface area contributed by atoms with Gasteiger partial charge in [-0.05, 0) is 48.5 Å². The summed E-state index contributed by atoms with van der Waals surface area (Å²) in [6, 6.07) is 2.06. The lowest BCUT2D eigenvalue weighted by molar-refractivity contribution is 0.466. The molecule has 0 spiro atoms. The van der Waals surface area contributed by atoms with Crippen LogP contribution in [0.5, 0.6) is 0 Å². The lowest BCUT2D eigenvalue weighted by atomic mass is 10.0. The molecule has 2 aromatic heterocycles. The fourth-order valence-corrected chi connectivity index (χ4v) is 3.57. The van der Waals surface area contributed by atoms with Crippen molar-refractivity contribution in [2.45, 2.75) is 25.7 Å². The van der Waals surface area contributed by atoms with Crippen LogP contribution in [0.2, 0.25) is 0 Å². The molecule has 2 aromatic rings. The van der Waals surface area contributed by atoms with Crippen molar-refractivity contribution in [1.82, 2.24) is 9.97 Å². The molecule has 0 amide bonds. The summed E-state index contributed by atoms with van der Waals surface area (Å²) in [5, 5.41) is 5.64. The van der Waals surface area contributed by atoms with Gasteiger partial charge >= 0.3 is 0 Å². The van der Waals surface area contributed by atoms with E-state index in [9.17, 15) is 0 Å². The van der Waals surface area contributed by atoms with E-state index in [-0.39, 0.29) is 0 Å². The van der Waals surface area contributed by atoms with E-state index in [2.05, 4.69) is 26.7 Å². The van der Waals surface area contributed by atoms with Crippen LogP contribution in [0.15, 0.2) is 17.8 Å². The summed E-state index contributed by atoms with van der Waals surface area (Å²) >= 11 is 1.72. The maximum absolute atomic E-state index is 4.38. The van der Waals surface area contributed by atoms with Gasteiger partial charge in [0.05, 0.1) is 10.2 Å². The van der Waals surface area contributed by atoms with E-state index in [1.54, 1.807) is 17.7 Å². The number of anilines is 1. The smallest absolute Gasteiger partial charge is 0.147 e. The van der Waals surface area contributed by atoms with Gasteiger partial charge in [0.15, 0.2) is 0 Å². The van der Waals surface area contributed by atoms with Crippen molar-refractivity contribution in [1.29, 1.82) is 0 Å². The zero-order chi connectivity index (χ0) is 11.3. The van der Waals surface area contributed by atoms with Crippen molar-refractivity contribution in [3.8, 4) is 0 Å². The molecule has 4 heteroatoms. The van der Waals surface area contributed by atoms with E-state index in [0.717, 1.165) is 23.8 Å². The molecule has 2 heterocycles. The van der Waals surface area contributed by atoms with Gasteiger partial charge in [0.25, 0.3) is 0 Å². The molecule has 0 bridgehead atoms. The second kappa shape index (κ2) is 3.42. The molecule has 2 saturated carbocycles. The first-order valence-electron chi connectivity index (χ1n) is 6.29. The van der Waals surface area contributed by atoms with Crippen molar-refractivity contribution in [2.24, 2.45) is 11.3 Å². The van der Waals surface area contributed by atoms with Crippen LogP contribution >= 0.6 is 11.3 Å². The Morgan fingerprint density at radius 1 is 1.35 bits per heavy atom.